The Hall–Kier alpha value is -1.88. The van der Waals surface area contributed by atoms with Crippen LogP contribution < -0.4 is 5.32 Å². The minimum absolute atomic E-state index is 0.0798. The fraction of sp³-hybridized carbons (Fsp3) is 0.556. The van der Waals surface area contributed by atoms with Crippen molar-refractivity contribution < 1.29 is 19.4 Å². The highest BCUT2D eigenvalue weighted by atomic mass is 16.5. The van der Waals surface area contributed by atoms with Crippen LogP contribution in [0.1, 0.15) is 54.4 Å². The largest absolute Gasteiger partial charge is 0.478 e. The molecular formula is C18H25NO4. The summed E-state index contributed by atoms with van der Waals surface area (Å²) >= 11 is 0. The maximum absolute atomic E-state index is 12.1. The van der Waals surface area contributed by atoms with Crippen molar-refractivity contribution in [3.63, 3.8) is 0 Å². The molecule has 2 unspecified atom stereocenters. The number of rotatable bonds is 5. The van der Waals surface area contributed by atoms with Gasteiger partial charge in [-0.15, -0.1) is 0 Å². The Balaban J connectivity index is 2.03. The summed E-state index contributed by atoms with van der Waals surface area (Å²) in [6, 6.07) is 6.98. The van der Waals surface area contributed by atoms with E-state index in [4.69, 9.17) is 9.84 Å². The van der Waals surface area contributed by atoms with E-state index < -0.39 is 5.97 Å². The van der Waals surface area contributed by atoms with Crippen LogP contribution in [-0.2, 0) is 16.1 Å². The Kier molecular flexibility index (Phi) is 6.59. The Bertz CT molecular complexity index is 544. The second-order valence-electron chi connectivity index (χ2n) is 6.11. The zero-order valence-electron chi connectivity index (χ0n) is 13.6. The van der Waals surface area contributed by atoms with Crippen LogP contribution in [0.25, 0.3) is 0 Å². The lowest BCUT2D eigenvalue weighted by atomic mass is 9.86. The number of carboxylic acids is 1. The monoisotopic (exact) mass is 319 g/mol. The van der Waals surface area contributed by atoms with Gasteiger partial charge in [-0.2, -0.15) is 0 Å². The number of carboxylic acid groups (broad SMARTS) is 1. The molecule has 0 spiro atoms. The minimum atomic E-state index is -0.926. The van der Waals surface area contributed by atoms with E-state index in [1.54, 1.807) is 18.2 Å². The number of esters is 1. The van der Waals surface area contributed by atoms with Gasteiger partial charge in [0.2, 0.25) is 0 Å². The molecule has 2 N–H and O–H groups in total. The number of hydrogen-bond donors (Lipinski definition) is 2. The zero-order valence-corrected chi connectivity index (χ0v) is 13.6. The second-order valence-corrected chi connectivity index (χ2v) is 6.11. The first kappa shape index (κ1) is 17.5. The van der Waals surface area contributed by atoms with E-state index in [0.717, 1.165) is 31.2 Å². The maximum atomic E-state index is 12.1. The molecule has 1 aromatic rings. The molecule has 2 atom stereocenters. The molecule has 0 aromatic heterocycles. The lowest BCUT2D eigenvalue weighted by molar-refractivity contribution is -0.147. The highest BCUT2D eigenvalue weighted by molar-refractivity contribution is 5.87. The van der Waals surface area contributed by atoms with Crippen LogP contribution in [0, 0.1) is 5.92 Å². The summed E-state index contributed by atoms with van der Waals surface area (Å²) in [6.45, 7) is 0.555. The van der Waals surface area contributed by atoms with Gasteiger partial charge in [0.1, 0.15) is 0 Å². The predicted molar refractivity (Wildman–Crippen MR) is 87.2 cm³/mol. The lowest BCUT2D eigenvalue weighted by Crippen LogP contribution is -2.41. The Labute approximate surface area is 137 Å². The lowest BCUT2D eigenvalue weighted by Gasteiger charge is -2.28. The SMILES string of the molecule is COC(=O)C1CCCCCCC1NCc1cccc(C(=O)O)c1. The molecule has 1 aliphatic carbocycles. The molecule has 5 heteroatoms. The average Bonchev–Trinajstić information content (AvgIpc) is 2.53. The van der Waals surface area contributed by atoms with Crippen molar-refractivity contribution in [3.8, 4) is 0 Å². The van der Waals surface area contributed by atoms with E-state index in [1.165, 1.54) is 20.0 Å². The number of nitrogens with one attached hydrogen (secondary N) is 1. The number of carbonyl (C=O) groups excluding carboxylic acids is 1. The van der Waals surface area contributed by atoms with Gasteiger partial charge in [0.25, 0.3) is 0 Å². The number of aromatic carboxylic acids is 1. The highest BCUT2D eigenvalue weighted by Gasteiger charge is 2.29. The molecule has 0 radical (unpaired) electrons. The number of benzene rings is 1. The summed E-state index contributed by atoms with van der Waals surface area (Å²) in [6.07, 6.45) is 6.30. The van der Waals surface area contributed by atoms with E-state index >= 15 is 0 Å². The molecule has 5 nitrogen and oxygen atoms in total. The first-order valence-electron chi connectivity index (χ1n) is 8.25. The van der Waals surface area contributed by atoms with Crippen LogP contribution in [0.4, 0.5) is 0 Å². The van der Waals surface area contributed by atoms with Crippen molar-refractivity contribution in [2.75, 3.05) is 7.11 Å². The van der Waals surface area contributed by atoms with E-state index in [2.05, 4.69) is 5.32 Å². The van der Waals surface area contributed by atoms with Crippen LogP contribution >= 0.6 is 0 Å². The molecule has 126 valence electrons. The summed E-state index contributed by atoms with van der Waals surface area (Å²) in [5, 5.41) is 12.5. The van der Waals surface area contributed by atoms with E-state index in [1.807, 2.05) is 6.07 Å². The van der Waals surface area contributed by atoms with Gasteiger partial charge in [-0.05, 0) is 30.5 Å². The smallest absolute Gasteiger partial charge is 0.335 e. The Morgan fingerprint density at radius 3 is 2.65 bits per heavy atom. The van der Waals surface area contributed by atoms with Crippen LogP contribution in [0.3, 0.4) is 0 Å². The fourth-order valence-corrected chi connectivity index (χ4v) is 3.23. The Morgan fingerprint density at radius 1 is 1.22 bits per heavy atom. The van der Waals surface area contributed by atoms with E-state index in [0.29, 0.717) is 6.54 Å². The van der Waals surface area contributed by atoms with Gasteiger partial charge >= 0.3 is 11.9 Å². The first-order valence-corrected chi connectivity index (χ1v) is 8.25. The number of hydrogen-bond acceptors (Lipinski definition) is 4. The van der Waals surface area contributed by atoms with E-state index in [-0.39, 0.29) is 23.5 Å². The molecule has 0 amide bonds. The average molecular weight is 319 g/mol. The molecule has 0 heterocycles. The standard InChI is InChI=1S/C18H25NO4/c1-23-18(22)15-9-4-2-3-5-10-16(15)19-12-13-7-6-8-14(11-13)17(20)21/h6-8,11,15-16,19H,2-5,9-10,12H2,1H3,(H,20,21). The molecular weight excluding hydrogens is 294 g/mol. The van der Waals surface area contributed by atoms with Crippen LogP contribution in [0.15, 0.2) is 24.3 Å². The third kappa shape index (κ3) is 5.06. The highest BCUT2D eigenvalue weighted by Crippen LogP contribution is 2.24. The van der Waals surface area contributed by atoms with Crippen molar-refractivity contribution in [2.24, 2.45) is 5.92 Å². The van der Waals surface area contributed by atoms with Crippen molar-refractivity contribution in [1.29, 1.82) is 0 Å². The first-order chi connectivity index (χ1) is 11.1. The molecule has 1 saturated carbocycles. The minimum Gasteiger partial charge on any atom is -0.478 e. The molecule has 23 heavy (non-hydrogen) atoms. The van der Waals surface area contributed by atoms with Crippen LogP contribution in [-0.4, -0.2) is 30.2 Å². The molecule has 0 bridgehead atoms. The molecule has 1 aromatic carbocycles. The molecule has 1 fully saturated rings. The predicted octanol–water partition coefficient (Wildman–Crippen LogP) is 2.99. The molecule has 0 saturated heterocycles. The third-order valence-corrected chi connectivity index (χ3v) is 4.51. The zero-order chi connectivity index (χ0) is 16.7. The van der Waals surface area contributed by atoms with E-state index in [9.17, 15) is 9.59 Å². The van der Waals surface area contributed by atoms with Crippen molar-refractivity contribution in [2.45, 2.75) is 51.1 Å². The van der Waals surface area contributed by atoms with Crippen molar-refractivity contribution in [1.82, 2.24) is 5.32 Å². The number of ether oxygens (including phenoxy) is 1. The summed E-state index contributed by atoms with van der Waals surface area (Å²) in [5.41, 5.74) is 1.20. The second kappa shape index (κ2) is 8.67. The summed E-state index contributed by atoms with van der Waals surface area (Å²) in [5.74, 6) is -1.20. The van der Waals surface area contributed by atoms with Gasteiger partial charge in [0.15, 0.2) is 0 Å². The molecule has 1 aliphatic rings. The van der Waals surface area contributed by atoms with Gasteiger partial charge in [-0.25, -0.2) is 4.79 Å². The number of carbonyl (C=O) groups is 2. The summed E-state index contributed by atoms with van der Waals surface area (Å²) in [7, 11) is 1.44. The topological polar surface area (TPSA) is 75.6 Å². The normalized spacial score (nSPS) is 22.0. The quantitative estimate of drug-likeness (QED) is 0.816. The van der Waals surface area contributed by atoms with Gasteiger partial charge in [-0.1, -0.05) is 37.8 Å². The molecule has 2 rings (SSSR count). The van der Waals surface area contributed by atoms with Gasteiger partial charge in [0.05, 0.1) is 18.6 Å². The maximum Gasteiger partial charge on any atom is 0.335 e. The van der Waals surface area contributed by atoms with Crippen molar-refractivity contribution >= 4 is 11.9 Å². The number of methoxy groups -OCH3 is 1. The van der Waals surface area contributed by atoms with Gasteiger partial charge in [-0.3, -0.25) is 4.79 Å². The molecule has 0 aliphatic heterocycles. The third-order valence-electron chi connectivity index (χ3n) is 4.51. The fourth-order valence-electron chi connectivity index (χ4n) is 3.23. The van der Waals surface area contributed by atoms with Crippen LogP contribution in [0.5, 0.6) is 0 Å². The Morgan fingerprint density at radius 2 is 1.96 bits per heavy atom. The summed E-state index contributed by atoms with van der Waals surface area (Å²) in [4.78, 5) is 23.1. The van der Waals surface area contributed by atoms with Crippen molar-refractivity contribution in [3.05, 3.63) is 35.4 Å². The van der Waals surface area contributed by atoms with Gasteiger partial charge < -0.3 is 15.2 Å². The summed E-state index contributed by atoms with van der Waals surface area (Å²) < 4.78 is 4.96. The van der Waals surface area contributed by atoms with Gasteiger partial charge in [0, 0.05) is 12.6 Å². The van der Waals surface area contributed by atoms with Crippen LogP contribution in [0.2, 0.25) is 0 Å².